The average Bonchev–Trinajstić information content (AvgIpc) is 2.93. The second kappa shape index (κ2) is 6.25. The maximum absolute atomic E-state index is 6.38. The lowest BCUT2D eigenvalue weighted by Crippen LogP contribution is -2.42. The lowest BCUT2D eigenvalue weighted by molar-refractivity contribution is 0.346. The molecular weight excluding hydrogens is 260 g/mol. The number of nitrogens with two attached hydrogens (primary N) is 1. The molecule has 0 bridgehead atoms. The van der Waals surface area contributed by atoms with Crippen molar-refractivity contribution in [2.45, 2.75) is 59.0 Å². The van der Waals surface area contributed by atoms with Gasteiger partial charge >= 0.3 is 0 Å². The second-order valence-corrected chi connectivity index (χ2v) is 6.20. The Morgan fingerprint density at radius 2 is 2.26 bits per heavy atom. The number of aryl methyl sites for hydroxylation is 2. The van der Waals surface area contributed by atoms with Gasteiger partial charge in [0, 0.05) is 19.0 Å². The fourth-order valence-corrected chi connectivity index (χ4v) is 3.46. The van der Waals surface area contributed by atoms with E-state index < -0.39 is 0 Å². The fourth-order valence-electron chi connectivity index (χ4n) is 3.25. The minimum absolute atomic E-state index is 0.295. The van der Waals surface area contributed by atoms with Gasteiger partial charge in [0.05, 0.1) is 16.4 Å². The van der Waals surface area contributed by atoms with Gasteiger partial charge in [-0.05, 0) is 38.5 Å². The largest absolute Gasteiger partial charge is 0.271 e. The molecule has 5 heteroatoms. The van der Waals surface area contributed by atoms with Gasteiger partial charge in [-0.2, -0.15) is 5.10 Å². The summed E-state index contributed by atoms with van der Waals surface area (Å²) >= 11 is 6.38. The third kappa shape index (κ3) is 3.12. The number of aromatic nitrogens is 2. The summed E-state index contributed by atoms with van der Waals surface area (Å²) in [6, 6.07) is 0.295. The van der Waals surface area contributed by atoms with Crippen molar-refractivity contribution in [3.05, 3.63) is 16.4 Å². The lowest BCUT2D eigenvalue weighted by Gasteiger charge is -2.23. The molecule has 0 spiro atoms. The number of halogens is 1. The molecule has 3 N–H and O–H groups in total. The number of hydrazine groups is 1. The van der Waals surface area contributed by atoms with Gasteiger partial charge < -0.3 is 0 Å². The standard InChI is InChI=1S/C14H25ClN4/c1-4-19-13(14(15)10(3)18-19)8-12(17-16)11-6-5-9(2)7-11/h9,11-12,17H,4-8,16H2,1-3H3. The van der Waals surface area contributed by atoms with Crippen molar-refractivity contribution < 1.29 is 0 Å². The molecule has 1 aromatic heterocycles. The summed E-state index contributed by atoms with van der Waals surface area (Å²) in [5, 5.41) is 5.27. The Hall–Kier alpha value is -0.580. The predicted octanol–water partition coefficient (Wildman–Crippen LogP) is 2.68. The van der Waals surface area contributed by atoms with E-state index in [4.69, 9.17) is 17.4 Å². The number of nitrogens with zero attached hydrogens (tertiary/aromatic N) is 2. The molecule has 0 amide bonds. The first-order valence-corrected chi connectivity index (χ1v) is 7.62. The van der Waals surface area contributed by atoms with Crippen molar-refractivity contribution in [1.82, 2.24) is 15.2 Å². The summed E-state index contributed by atoms with van der Waals surface area (Å²) in [5.41, 5.74) is 5.03. The fraction of sp³-hybridized carbons (Fsp3) is 0.786. The Labute approximate surface area is 120 Å². The number of nitrogens with one attached hydrogen (secondary N) is 1. The molecule has 19 heavy (non-hydrogen) atoms. The van der Waals surface area contributed by atoms with Crippen molar-refractivity contribution in [2.24, 2.45) is 17.7 Å². The van der Waals surface area contributed by atoms with E-state index in [-0.39, 0.29) is 0 Å². The quantitative estimate of drug-likeness (QED) is 0.646. The Kier molecular flexibility index (Phi) is 4.87. The van der Waals surface area contributed by atoms with Gasteiger partial charge in [0.15, 0.2) is 0 Å². The Bertz CT molecular complexity index is 429. The van der Waals surface area contributed by atoms with E-state index in [1.165, 1.54) is 19.3 Å². The zero-order valence-electron chi connectivity index (χ0n) is 12.1. The number of hydrogen-bond acceptors (Lipinski definition) is 3. The summed E-state index contributed by atoms with van der Waals surface area (Å²) < 4.78 is 2.00. The van der Waals surface area contributed by atoms with E-state index in [1.54, 1.807) is 0 Å². The molecule has 108 valence electrons. The van der Waals surface area contributed by atoms with Crippen LogP contribution in [0.3, 0.4) is 0 Å². The van der Waals surface area contributed by atoms with Gasteiger partial charge in [-0.25, -0.2) is 0 Å². The van der Waals surface area contributed by atoms with E-state index in [0.29, 0.717) is 12.0 Å². The Balaban J connectivity index is 2.14. The van der Waals surface area contributed by atoms with Crippen LogP contribution in [0.15, 0.2) is 0 Å². The normalized spacial score (nSPS) is 24.9. The minimum atomic E-state index is 0.295. The molecule has 0 saturated heterocycles. The molecule has 1 fully saturated rings. The molecule has 1 heterocycles. The van der Waals surface area contributed by atoms with Crippen LogP contribution in [0.4, 0.5) is 0 Å². The van der Waals surface area contributed by atoms with Gasteiger partial charge in [-0.3, -0.25) is 16.0 Å². The van der Waals surface area contributed by atoms with Crippen LogP contribution >= 0.6 is 11.6 Å². The third-order valence-electron chi connectivity index (χ3n) is 4.38. The topological polar surface area (TPSA) is 55.9 Å². The van der Waals surface area contributed by atoms with E-state index in [1.807, 2.05) is 11.6 Å². The molecule has 2 rings (SSSR count). The van der Waals surface area contributed by atoms with Crippen LogP contribution in [0.2, 0.25) is 5.02 Å². The molecule has 0 aromatic carbocycles. The highest BCUT2D eigenvalue weighted by Gasteiger charge is 2.29. The molecule has 3 unspecified atom stereocenters. The number of rotatable bonds is 5. The average molecular weight is 285 g/mol. The molecule has 3 atom stereocenters. The third-order valence-corrected chi connectivity index (χ3v) is 4.88. The first kappa shape index (κ1) is 14.8. The summed E-state index contributed by atoms with van der Waals surface area (Å²) in [6.07, 6.45) is 4.68. The Morgan fingerprint density at radius 3 is 2.79 bits per heavy atom. The summed E-state index contributed by atoms with van der Waals surface area (Å²) in [4.78, 5) is 0. The summed E-state index contributed by atoms with van der Waals surface area (Å²) in [7, 11) is 0. The van der Waals surface area contributed by atoms with Crippen LogP contribution in [0.1, 0.15) is 44.5 Å². The van der Waals surface area contributed by atoms with E-state index in [2.05, 4.69) is 24.4 Å². The van der Waals surface area contributed by atoms with Crippen LogP contribution in [-0.4, -0.2) is 15.8 Å². The summed E-state index contributed by atoms with van der Waals surface area (Å²) in [5.74, 6) is 7.24. The second-order valence-electron chi connectivity index (χ2n) is 5.82. The minimum Gasteiger partial charge on any atom is -0.271 e. The molecule has 1 saturated carbocycles. The Morgan fingerprint density at radius 1 is 1.53 bits per heavy atom. The van der Waals surface area contributed by atoms with Crippen LogP contribution in [0, 0.1) is 18.8 Å². The molecule has 4 nitrogen and oxygen atoms in total. The van der Waals surface area contributed by atoms with E-state index >= 15 is 0 Å². The van der Waals surface area contributed by atoms with Crippen molar-refractivity contribution in [3.63, 3.8) is 0 Å². The zero-order valence-corrected chi connectivity index (χ0v) is 12.9. The molecular formula is C14H25ClN4. The smallest absolute Gasteiger partial charge is 0.0847 e. The van der Waals surface area contributed by atoms with E-state index in [0.717, 1.165) is 35.3 Å². The highest BCUT2D eigenvalue weighted by Crippen LogP contribution is 2.34. The van der Waals surface area contributed by atoms with Crippen LogP contribution in [0.5, 0.6) is 0 Å². The van der Waals surface area contributed by atoms with Crippen molar-refractivity contribution >= 4 is 11.6 Å². The molecule has 0 radical (unpaired) electrons. The van der Waals surface area contributed by atoms with Crippen molar-refractivity contribution in [3.8, 4) is 0 Å². The molecule has 1 aromatic rings. The molecule has 1 aliphatic carbocycles. The van der Waals surface area contributed by atoms with Gasteiger partial charge in [-0.15, -0.1) is 0 Å². The van der Waals surface area contributed by atoms with Gasteiger partial charge in [0.2, 0.25) is 0 Å². The lowest BCUT2D eigenvalue weighted by atomic mass is 9.93. The van der Waals surface area contributed by atoms with Crippen molar-refractivity contribution in [1.29, 1.82) is 0 Å². The first-order valence-electron chi connectivity index (χ1n) is 7.24. The van der Waals surface area contributed by atoms with Crippen LogP contribution < -0.4 is 11.3 Å². The van der Waals surface area contributed by atoms with Gasteiger partial charge in [0.1, 0.15) is 0 Å². The first-order chi connectivity index (χ1) is 9.06. The monoisotopic (exact) mass is 284 g/mol. The predicted molar refractivity (Wildman–Crippen MR) is 79.0 cm³/mol. The summed E-state index contributed by atoms with van der Waals surface area (Å²) in [6.45, 7) is 7.22. The maximum Gasteiger partial charge on any atom is 0.0847 e. The zero-order chi connectivity index (χ0) is 14.0. The molecule has 0 aliphatic heterocycles. The highest BCUT2D eigenvalue weighted by atomic mass is 35.5. The SMILES string of the molecule is CCn1nc(C)c(Cl)c1CC(NN)C1CCC(C)C1. The van der Waals surface area contributed by atoms with Crippen LogP contribution in [0.25, 0.3) is 0 Å². The highest BCUT2D eigenvalue weighted by molar-refractivity contribution is 6.31. The number of hydrogen-bond donors (Lipinski definition) is 2. The molecule has 1 aliphatic rings. The maximum atomic E-state index is 6.38. The van der Waals surface area contributed by atoms with Gasteiger partial charge in [-0.1, -0.05) is 24.9 Å². The van der Waals surface area contributed by atoms with Gasteiger partial charge in [0.25, 0.3) is 0 Å². The van der Waals surface area contributed by atoms with E-state index in [9.17, 15) is 0 Å². The van der Waals surface area contributed by atoms with Crippen LogP contribution in [-0.2, 0) is 13.0 Å². The van der Waals surface area contributed by atoms with Crippen molar-refractivity contribution in [2.75, 3.05) is 0 Å².